The van der Waals surface area contributed by atoms with Gasteiger partial charge in [-0.15, -0.1) is 0 Å². The number of nitrogens with zero attached hydrogens (tertiary/aromatic N) is 5. The van der Waals surface area contributed by atoms with E-state index in [1.807, 2.05) is 50.9 Å². The Morgan fingerprint density at radius 3 is 2.64 bits per heavy atom. The summed E-state index contributed by atoms with van der Waals surface area (Å²) in [7, 11) is 3.72. The Morgan fingerprint density at radius 1 is 1.06 bits per heavy atom. The first-order valence-electron chi connectivity index (χ1n) is 10.8. The molecule has 4 aromatic heterocycles. The summed E-state index contributed by atoms with van der Waals surface area (Å²) in [6, 6.07) is 5.80. The summed E-state index contributed by atoms with van der Waals surface area (Å²) in [6.45, 7) is 0. The number of hydrogen-bond donors (Lipinski definition) is 2. The average Bonchev–Trinajstić information content (AvgIpc) is 3.60. The van der Waals surface area contributed by atoms with Crippen molar-refractivity contribution in [1.29, 1.82) is 0 Å². The van der Waals surface area contributed by atoms with Gasteiger partial charge in [0, 0.05) is 62.0 Å². The van der Waals surface area contributed by atoms with Gasteiger partial charge in [-0.1, -0.05) is 12.0 Å². The van der Waals surface area contributed by atoms with Gasteiger partial charge in [0.2, 0.25) is 5.91 Å². The zero-order valence-electron chi connectivity index (χ0n) is 18.5. The Bertz CT molecular complexity index is 1390. The molecule has 0 spiro atoms. The third-order valence-corrected chi connectivity index (χ3v) is 5.52. The number of hydrogen-bond acceptors (Lipinski definition) is 6. The second kappa shape index (κ2) is 8.71. The molecule has 33 heavy (non-hydrogen) atoms. The van der Waals surface area contributed by atoms with E-state index in [0.717, 1.165) is 46.7 Å². The molecule has 0 unspecified atom stereocenters. The van der Waals surface area contributed by atoms with E-state index in [2.05, 4.69) is 42.5 Å². The van der Waals surface area contributed by atoms with E-state index in [1.54, 1.807) is 17.1 Å². The van der Waals surface area contributed by atoms with Crippen molar-refractivity contribution >= 4 is 28.3 Å². The number of rotatable bonds is 5. The van der Waals surface area contributed by atoms with Crippen molar-refractivity contribution in [3.63, 3.8) is 0 Å². The van der Waals surface area contributed by atoms with Crippen LogP contribution in [0.2, 0.25) is 0 Å². The maximum absolute atomic E-state index is 12.2. The van der Waals surface area contributed by atoms with Gasteiger partial charge >= 0.3 is 0 Å². The topological polar surface area (TPSA) is 97.6 Å². The fourth-order valence-corrected chi connectivity index (χ4v) is 3.61. The van der Waals surface area contributed by atoms with E-state index in [0.29, 0.717) is 17.3 Å². The Morgan fingerprint density at radius 2 is 1.94 bits per heavy atom. The van der Waals surface area contributed by atoms with Crippen LogP contribution in [0.25, 0.3) is 10.8 Å². The van der Waals surface area contributed by atoms with Crippen LogP contribution in [-0.4, -0.2) is 37.7 Å². The largest absolute Gasteiger partial charge is 0.373 e. The average molecular weight is 438 g/mol. The lowest BCUT2D eigenvalue weighted by molar-refractivity contribution is -0.117. The Kier molecular flexibility index (Phi) is 5.45. The van der Waals surface area contributed by atoms with Crippen molar-refractivity contribution in [3.05, 3.63) is 71.6 Å². The van der Waals surface area contributed by atoms with Gasteiger partial charge in [-0.25, -0.2) is 15.0 Å². The molecule has 1 fully saturated rings. The molecular formula is C25H23N7O. The quantitative estimate of drug-likeness (QED) is 0.466. The van der Waals surface area contributed by atoms with Gasteiger partial charge in [0.15, 0.2) is 0 Å². The molecule has 0 saturated heterocycles. The highest BCUT2D eigenvalue weighted by Crippen LogP contribution is 2.31. The van der Waals surface area contributed by atoms with Crippen molar-refractivity contribution in [2.75, 3.05) is 17.7 Å². The van der Waals surface area contributed by atoms with Crippen molar-refractivity contribution < 1.29 is 4.79 Å². The Labute approximate surface area is 191 Å². The first-order chi connectivity index (χ1) is 16.1. The van der Waals surface area contributed by atoms with E-state index in [-0.39, 0.29) is 11.8 Å². The van der Waals surface area contributed by atoms with Gasteiger partial charge in [0.1, 0.15) is 17.3 Å². The van der Waals surface area contributed by atoms with E-state index < -0.39 is 0 Å². The lowest BCUT2D eigenvalue weighted by Crippen LogP contribution is -2.14. The van der Waals surface area contributed by atoms with Crippen molar-refractivity contribution in [2.24, 2.45) is 13.0 Å². The van der Waals surface area contributed by atoms with Gasteiger partial charge in [-0.2, -0.15) is 5.10 Å². The van der Waals surface area contributed by atoms with Crippen LogP contribution < -0.4 is 10.6 Å². The molecule has 0 atom stereocenters. The van der Waals surface area contributed by atoms with Crippen LogP contribution in [0.4, 0.5) is 11.6 Å². The fraction of sp³-hybridized carbons (Fsp3) is 0.240. The molecule has 0 bridgehead atoms. The first-order valence-corrected chi connectivity index (χ1v) is 10.8. The summed E-state index contributed by atoms with van der Waals surface area (Å²) >= 11 is 0. The molecule has 1 amide bonds. The number of aromatic nitrogens is 5. The van der Waals surface area contributed by atoms with E-state index in [1.165, 1.54) is 0 Å². The lowest BCUT2D eigenvalue weighted by Gasteiger charge is -2.09. The number of carbonyl (C=O) groups excluding carboxylic acids is 1. The number of fused-ring (bicyclic) bond motifs is 1. The van der Waals surface area contributed by atoms with Crippen LogP contribution in [0.3, 0.4) is 0 Å². The molecule has 8 heteroatoms. The summed E-state index contributed by atoms with van der Waals surface area (Å²) in [4.78, 5) is 25.5. The minimum Gasteiger partial charge on any atom is -0.373 e. The molecule has 5 rings (SSSR count). The molecule has 164 valence electrons. The predicted molar refractivity (Wildman–Crippen MR) is 127 cm³/mol. The number of aryl methyl sites for hydroxylation is 1. The molecular weight excluding hydrogens is 414 g/mol. The maximum atomic E-state index is 12.2. The Hall–Kier alpha value is -4.25. The number of carbonyl (C=O) groups is 1. The lowest BCUT2D eigenvalue weighted by atomic mass is 10.1. The highest BCUT2D eigenvalue weighted by atomic mass is 16.2. The zero-order chi connectivity index (χ0) is 22.8. The molecule has 0 aromatic carbocycles. The van der Waals surface area contributed by atoms with Crippen molar-refractivity contribution in [2.45, 2.75) is 19.3 Å². The van der Waals surface area contributed by atoms with Gasteiger partial charge in [0.25, 0.3) is 0 Å². The van der Waals surface area contributed by atoms with Crippen LogP contribution in [0.5, 0.6) is 0 Å². The second-order valence-corrected chi connectivity index (χ2v) is 8.15. The molecule has 1 aliphatic carbocycles. The van der Waals surface area contributed by atoms with Gasteiger partial charge in [0.05, 0.1) is 11.8 Å². The van der Waals surface area contributed by atoms with Gasteiger partial charge in [-0.05, 0) is 42.0 Å². The standard InChI is InChI=1S/C25H23N7O/c1-26-24-22-14-28-23(31-25(33)18-4-5-18)10-21(22)19(13-29-24)6-8-20-7-3-16(11-27-20)9-17-12-30-32(2)15-17/h3,7,10-15,18H,4-5,9H2,1-2H3,(H,26,29)(H,28,31,33). The Balaban J connectivity index is 1.41. The third kappa shape index (κ3) is 4.67. The first kappa shape index (κ1) is 20.6. The van der Waals surface area contributed by atoms with Crippen LogP contribution in [0, 0.1) is 17.8 Å². The smallest absolute Gasteiger partial charge is 0.228 e. The minimum atomic E-state index is 0.0213. The fourth-order valence-electron chi connectivity index (χ4n) is 3.61. The second-order valence-electron chi connectivity index (χ2n) is 8.15. The number of nitrogens with one attached hydrogen (secondary N) is 2. The maximum Gasteiger partial charge on any atom is 0.228 e. The summed E-state index contributed by atoms with van der Waals surface area (Å²) in [5.41, 5.74) is 3.65. The molecule has 8 nitrogen and oxygen atoms in total. The number of pyridine rings is 3. The molecule has 0 aliphatic heterocycles. The van der Waals surface area contributed by atoms with Crippen molar-refractivity contribution in [3.8, 4) is 11.8 Å². The highest BCUT2D eigenvalue weighted by Gasteiger charge is 2.29. The summed E-state index contributed by atoms with van der Waals surface area (Å²) < 4.78 is 1.79. The normalized spacial score (nSPS) is 12.8. The van der Waals surface area contributed by atoms with Crippen LogP contribution >= 0.6 is 0 Å². The third-order valence-electron chi connectivity index (χ3n) is 5.52. The van der Waals surface area contributed by atoms with E-state index in [9.17, 15) is 4.79 Å². The zero-order valence-corrected chi connectivity index (χ0v) is 18.5. The van der Waals surface area contributed by atoms with Gasteiger partial charge < -0.3 is 10.6 Å². The minimum absolute atomic E-state index is 0.0213. The van der Waals surface area contributed by atoms with Crippen LogP contribution in [-0.2, 0) is 18.3 Å². The highest BCUT2D eigenvalue weighted by molar-refractivity contribution is 5.99. The predicted octanol–water partition coefficient (Wildman–Crippen LogP) is 3.14. The van der Waals surface area contributed by atoms with Crippen LogP contribution in [0.15, 0.2) is 49.2 Å². The molecule has 4 heterocycles. The SMILES string of the molecule is CNc1ncc(C#Cc2ccc(Cc3cnn(C)c3)cn2)c2cc(NC(=O)C3CC3)ncc12. The molecule has 2 N–H and O–H groups in total. The number of amides is 1. The van der Waals surface area contributed by atoms with E-state index >= 15 is 0 Å². The molecule has 4 aromatic rings. The monoisotopic (exact) mass is 437 g/mol. The van der Waals surface area contributed by atoms with Gasteiger partial charge in [-0.3, -0.25) is 9.48 Å². The molecule has 0 radical (unpaired) electrons. The summed E-state index contributed by atoms with van der Waals surface area (Å²) in [5, 5.41) is 11.9. The summed E-state index contributed by atoms with van der Waals surface area (Å²) in [5.74, 6) is 7.68. The van der Waals surface area contributed by atoms with Crippen LogP contribution in [0.1, 0.15) is 35.2 Å². The summed E-state index contributed by atoms with van der Waals surface area (Å²) in [6.07, 6.45) is 11.8. The number of anilines is 2. The molecule has 1 saturated carbocycles. The molecule has 1 aliphatic rings. The van der Waals surface area contributed by atoms with E-state index in [4.69, 9.17) is 0 Å². The van der Waals surface area contributed by atoms with Crippen molar-refractivity contribution in [1.82, 2.24) is 24.7 Å².